The lowest BCUT2D eigenvalue weighted by Gasteiger charge is -2.10. The highest BCUT2D eigenvalue weighted by molar-refractivity contribution is 7.90. The van der Waals surface area contributed by atoms with Crippen molar-refractivity contribution in [1.29, 1.82) is 0 Å². The smallest absolute Gasteiger partial charge is 0.184 e. The monoisotopic (exact) mass is 309 g/mol. The lowest BCUT2D eigenvalue weighted by atomic mass is 10.2. The molecule has 4 nitrogen and oxygen atoms in total. The van der Waals surface area contributed by atoms with E-state index in [0.29, 0.717) is 0 Å². The molecule has 2 N–H and O–H groups in total. The highest BCUT2D eigenvalue weighted by atomic mass is 32.2. The van der Waals surface area contributed by atoms with Gasteiger partial charge in [-0.3, -0.25) is 0 Å². The van der Waals surface area contributed by atoms with Crippen molar-refractivity contribution in [2.24, 2.45) is 0 Å². The van der Waals surface area contributed by atoms with Crippen molar-refractivity contribution in [3.05, 3.63) is 53.3 Å². The summed E-state index contributed by atoms with van der Waals surface area (Å²) < 4.78 is 43.7. The molecule has 2 aromatic rings. The van der Waals surface area contributed by atoms with Gasteiger partial charge in [-0.05, 0) is 30.7 Å². The molecule has 0 aliphatic heterocycles. The van der Waals surface area contributed by atoms with Gasteiger partial charge in [0.1, 0.15) is 0 Å². The van der Waals surface area contributed by atoms with Crippen LogP contribution in [0.3, 0.4) is 0 Å². The summed E-state index contributed by atoms with van der Waals surface area (Å²) in [6.45, 7) is 1.81. The van der Waals surface area contributed by atoms with Crippen molar-refractivity contribution in [2.75, 3.05) is 12.8 Å². The van der Waals surface area contributed by atoms with E-state index in [1.807, 2.05) is 6.92 Å². The maximum absolute atomic E-state index is 14.1. The topological polar surface area (TPSA) is 69.4 Å². The Balaban J connectivity index is 2.42. The van der Waals surface area contributed by atoms with E-state index in [9.17, 15) is 12.8 Å². The van der Waals surface area contributed by atoms with Crippen LogP contribution in [0.2, 0.25) is 0 Å². The standard InChI is InChI=1S/C15H16FNO3S/c1-10-6-7-14(12(17)8-10)21(18,19)9-11-4-3-5-13(20-2)15(11)16/h3-8H,9,17H2,1-2H3. The van der Waals surface area contributed by atoms with Crippen molar-refractivity contribution in [1.82, 2.24) is 0 Å². The molecule has 0 fully saturated rings. The molecule has 6 heteroatoms. The Morgan fingerprint density at radius 1 is 1.24 bits per heavy atom. The summed E-state index contributed by atoms with van der Waals surface area (Å²) in [4.78, 5) is 0.00956. The zero-order valence-corrected chi connectivity index (χ0v) is 12.6. The summed E-state index contributed by atoms with van der Waals surface area (Å²) in [6.07, 6.45) is 0. The van der Waals surface area contributed by atoms with Crippen LogP contribution < -0.4 is 10.5 Å². The van der Waals surface area contributed by atoms with Crippen LogP contribution in [0.4, 0.5) is 10.1 Å². The molecule has 21 heavy (non-hydrogen) atoms. The number of nitrogens with two attached hydrogens (primary N) is 1. The predicted octanol–water partition coefficient (Wildman–Crippen LogP) is 2.70. The predicted molar refractivity (Wildman–Crippen MR) is 79.4 cm³/mol. The maximum atomic E-state index is 14.1. The second kappa shape index (κ2) is 5.73. The van der Waals surface area contributed by atoms with Crippen LogP contribution in [0.5, 0.6) is 5.75 Å². The Kier molecular flexibility index (Phi) is 4.18. The van der Waals surface area contributed by atoms with Crippen LogP contribution >= 0.6 is 0 Å². The number of nitrogen functional groups attached to an aromatic ring is 1. The van der Waals surface area contributed by atoms with Gasteiger partial charge in [-0.1, -0.05) is 18.2 Å². The second-order valence-electron chi connectivity index (χ2n) is 4.73. The van der Waals surface area contributed by atoms with Crippen LogP contribution in [-0.4, -0.2) is 15.5 Å². The SMILES string of the molecule is COc1cccc(CS(=O)(=O)c2ccc(C)cc2N)c1F. The Hall–Kier alpha value is -2.08. The summed E-state index contributed by atoms with van der Waals surface area (Å²) in [5, 5.41) is 0. The average Bonchev–Trinajstić information content (AvgIpc) is 2.40. The minimum Gasteiger partial charge on any atom is -0.494 e. The van der Waals surface area contributed by atoms with Gasteiger partial charge in [-0.2, -0.15) is 0 Å². The molecule has 2 aromatic carbocycles. The van der Waals surface area contributed by atoms with Crippen LogP contribution in [0.25, 0.3) is 0 Å². The van der Waals surface area contributed by atoms with Gasteiger partial charge in [-0.25, -0.2) is 12.8 Å². The van der Waals surface area contributed by atoms with Gasteiger partial charge in [0.05, 0.1) is 23.4 Å². The van der Waals surface area contributed by atoms with E-state index in [1.54, 1.807) is 18.2 Å². The molecule has 0 saturated heterocycles. The van der Waals surface area contributed by atoms with E-state index < -0.39 is 21.4 Å². The molecule has 0 aliphatic carbocycles. The second-order valence-corrected chi connectivity index (χ2v) is 6.69. The Morgan fingerprint density at radius 2 is 1.95 bits per heavy atom. The zero-order chi connectivity index (χ0) is 15.6. The van der Waals surface area contributed by atoms with Crippen molar-refractivity contribution in [2.45, 2.75) is 17.6 Å². The maximum Gasteiger partial charge on any atom is 0.184 e. The molecular formula is C15H16FNO3S. The first-order valence-corrected chi connectivity index (χ1v) is 7.90. The normalized spacial score (nSPS) is 11.4. The van der Waals surface area contributed by atoms with Gasteiger partial charge < -0.3 is 10.5 Å². The first-order chi connectivity index (χ1) is 9.85. The van der Waals surface area contributed by atoms with Crippen molar-refractivity contribution in [3.63, 3.8) is 0 Å². The van der Waals surface area contributed by atoms with Crippen LogP contribution in [0.1, 0.15) is 11.1 Å². The van der Waals surface area contributed by atoms with E-state index in [0.717, 1.165) is 5.56 Å². The average molecular weight is 309 g/mol. The number of sulfone groups is 1. The van der Waals surface area contributed by atoms with E-state index in [2.05, 4.69) is 0 Å². The van der Waals surface area contributed by atoms with Gasteiger partial charge in [0.25, 0.3) is 0 Å². The third-order valence-corrected chi connectivity index (χ3v) is 4.84. The van der Waals surface area contributed by atoms with Gasteiger partial charge in [0.2, 0.25) is 0 Å². The summed E-state index contributed by atoms with van der Waals surface area (Å²) in [7, 11) is -2.40. The van der Waals surface area contributed by atoms with Crippen molar-refractivity contribution >= 4 is 15.5 Å². The summed E-state index contributed by atoms with van der Waals surface area (Å²) >= 11 is 0. The number of methoxy groups -OCH3 is 1. The number of aryl methyl sites for hydroxylation is 1. The lowest BCUT2D eigenvalue weighted by Crippen LogP contribution is -2.09. The van der Waals surface area contributed by atoms with Crippen LogP contribution in [-0.2, 0) is 15.6 Å². The highest BCUT2D eigenvalue weighted by Gasteiger charge is 2.21. The summed E-state index contributed by atoms with van der Waals surface area (Å²) in [5.74, 6) is -1.13. The van der Waals surface area contributed by atoms with E-state index in [-0.39, 0.29) is 21.9 Å². The van der Waals surface area contributed by atoms with Gasteiger partial charge >= 0.3 is 0 Å². The third kappa shape index (κ3) is 3.16. The number of halogens is 1. The van der Waals surface area contributed by atoms with Crippen LogP contribution in [0, 0.1) is 12.7 Å². The van der Waals surface area contributed by atoms with Gasteiger partial charge in [0, 0.05) is 5.56 Å². The fraction of sp³-hybridized carbons (Fsp3) is 0.200. The van der Waals surface area contributed by atoms with Crippen LogP contribution in [0.15, 0.2) is 41.3 Å². The van der Waals surface area contributed by atoms with E-state index in [1.165, 1.54) is 25.3 Å². The molecule has 0 heterocycles. The van der Waals surface area contributed by atoms with Gasteiger partial charge in [-0.15, -0.1) is 0 Å². The molecule has 0 amide bonds. The van der Waals surface area contributed by atoms with Gasteiger partial charge in [0.15, 0.2) is 21.4 Å². The molecule has 0 radical (unpaired) electrons. The summed E-state index contributed by atoms with van der Waals surface area (Å²) in [6, 6.07) is 9.08. The third-order valence-electron chi connectivity index (χ3n) is 3.11. The summed E-state index contributed by atoms with van der Waals surface area (Å²) in [5.41, 5.74) is 6.83. The first kappa shape index (κ1) is 15.3. The molecule has 0 saturated carbocycles. The molecule has 2 rings (SSSR count). The Morgan fingerprint density at radius 3 is 2.57 bits per heavy atom. The molecule has 0 unspecified atom stereocenters. The molecule has 112 valence electrons. The van der Waals surface area contributed by atoms with E-state index >= 15 is 0 Å². The van der Waals surface area contributed by atoms with Crippen molar-refractivity contribution < 1.29 is 17.5 Å². The number of ether oxygens (including phenoxy) is 1. The Bertz CT molecular complexity index is 772. The minimum absolute atomic E-state index is 0.00956. The number of hydrogen-bond acceptors (Lipinski definition) is 4. The molecule has 0 spiro atoms. The number of anilines is 1. The molecule has 0 atom stereocenters. The van der Waals surface area contributed by atoms with Crippen molar-refractivity contribution in [3.8, 4) is 5.75 Å². The zero-order valence-electron chi connectivity index (χ0n) is 11.8. The highest BCUT2D eigenvalue weighted by Crippen LogP contribution is 2.27. The number of benzene rings is 2. The molecular weight excluding hydrogens is 293 g/mol. The molecule has 0 aliphatic rings. The Labute approximate surface area is 123 Å². The number of hydrogen-bond donors (Lipinski definition) is 1. The molecule has 0 bridgehead atoms. The fourth-order valence-corrected chi connectivity index (χ4v) is 3.54. The minimum atomic E-state index is -3.73. The first-order valence-electron chi connectivity index (χ1n) is 6.25. The molecule has 0 aromatic heterocycles. The largest absolute Gasteiger partial charge is 0.494 e. The fourth-order valence-electron chi connectivity index (χ4n) is 2.06. The lowest BCUT2D eigenvalue weighted by molar-refractivity contribution is 0.385. The quantitative estimate of drug-likeness (QED) is 0.882. The van der Waals surface area contributed by atoms with E-state index in [4.69, 9.17) is 10.5 Å². The number of rotatable bonds is 4.